The third-order valence-electron chi connectivity index (χ3n) is 4.35. The Balaban J connectivity index is 2.21. The van der Waals surface area contributed by atoms with Gasteiger partial charge < -0.3 is 5.73 Å². The molecule has 1 saturated carbocycles. The Morgan fingerprint density at radius 2 is 2.11 bits per heavy atom. The number of hydrogen-bond acceptors (Lipinski definition) is 1. The first kappa shape index (κ1) is 13.5. The first-order valence-electron chi connectivity index (χ1n) is 7.13. The molecule has 1 nitrogen and oxygen atoms in total. The molecule has 0 radical (unpaired) electrons. The van der Waals surface area contributed by atoms with Crippen molar-refractivity contribution >= 4 is 0 Å². The molecule has 0 saturated heterocycles. The average Bonchev–Trinajstić information content (AvgIpc) is 2.35. The highest BCUT2D eigenvalue weighted by atomic mass is 19.1. The van der Waals surface area contributed by atoms with Crippen molar-refractivity contribution in [2.75, 3.05) is 0 Å². The fraction of sp³-hybridized carbons (Fsp3) is 0.625. The van der Waals surface area contributed by atoms with E-state index < -0.39 is 0 Å². The molecule has 1 aliphatic carbocycles. The first-order valence-corrected chi connectivity index (χ1v) is 7.13. The molecule has 1 aromatic rings. The standard InChI is InChI=1S/C16H24FN/c1-3-4-12-6-8-16(18)15(9-12)14-10-13(17)7-5-11(14)2/h5,7,10,12,15-16H,3-4,6,8-9,18H2,1-2H3. The van der Waals surface area contributed by atoms with Gasteiger partial charge in [-0.05, 0) is 61.3 Å². The maximum Gasteiger partial charge on any atom is 0.123 e. The molecule has 3 unspecified atom stereocenters. The quantitative estimate of drug-likeness (QED) is 0.855. The van der Waals surface area contributed by atoms with Crippen molar-refractivity contribution in [3.8, 4) is 0 Å². The lowest BCUT2D eigenvalue weighted by Crippen LogP contribution is -2.35. The van der Waals surface area contributed by atoms with Crippen LogP contribution < -0.4 is 5.73 Å². The third-order valence-corrected chi connectivity index (χ3v) is 4.35. The Bertz CT molecular complexity index is 402. The molecule has 0 spiro atoms. The molecule has 1 aliphatic rings. The lowest BCUT2D eigenvalue weighted by Gasteiger charge is -2.35. The Hall–Kier alpha value is -0.890. The Labute approximate surface area is 110 Å². The van der Waals surface area contributed by atoms with Crippen LogP contribution in [0.1, 0.15) is 56.1 Å². The molecule has 0 heterocycles. The van der Waals surface area contributed by atoms with Gasteiger partial charge in [-0.2, -0.15) is 0 Å². The second-order valence-corrected chi connectivity index (χ2v) is 5.74. The van der Waals surface area contributed by atoms with Gasteiger partial charge in [-0.15, -0.1) is 0 Å². The average molecular weight is 249 g/mol. The Kier molecular flexibility index (Phi) is 4.39. The third kappa shape index (κ3) is 2.92. The van der Waals surface area contributed by atoms with Crippen LogP contribution in [0.3, 0.4) is 0 Å². The van der Waals surface area contributed by atoms with Gasteiger partial charge in [-0.1, -0.05) is 25.8 Å². The minimum atomic E-state index is -0.139. The van der Waals surface area contributed by atoms with Gasteiger partial charge in [0.2, 0.25) is 0 Å². The summed E-state index contributed by atoms with van der Waals surface area (Å²) in [6, 6.07) is 5.30. The molecule has 2 heteroatoms. The molecule has 0 aliphatic heterocycles. The predicted molar refractivity (Wildman–Crippen MR) is 74.1 cm³/mol. The van der Waals surface area contributed by atoms with Crippen LogP contribution in [0.25, 0.3) is 0 Å². The maximum absolute atomic E-state index is 13.4. The fourth-order valence-corrected chi connectivity index (χ4v) is 3.32. The van der Waals surface area contributed by atoms with Gasteiger partial charge in [0.25, 0.3) is 0 Å². The second kappa shape index (κ2) is 5.83. The van der Waals surface area contributed by atoms with Crippen molar-refractivity contribution in [2.45, 2.75) is 57.9 Å². The van der Waals surface area contributed by atoms with E-state index in [9.17, 15) is 4.39 Å². The number of halogens is 1. The van der Waals surface area contributed by atoms with E-state index in [0.717, 1.165) is 24.3 Å². The van der Waals surface area contributed by atoms with E-state index in [1.165, 1.54) is 30.9 Å². The van der Waals surface area contributed by atoms with E-state index in [4.69, 9.17) is 5.73 Å². The fourth-order valence-electron chi connectivity index (χ4n) is 3.32. The van der Waals surface area contributed by atoms with Crippen LogP contribution in [0.5, 0.6) is 0 Å². The Morgan fingerprint density at radius 1 is 1.33 bits per heavy atom. The van der Waals surface area contributed by atoms with Crippen LogP contribution in [0.15, 0.2) is 18.2 Å². The van der Waals surface area contributed by atoms with Crippen LogP contribution in [0.4, 0.5) is 4.39 Å². The van der Waals surface area contributed by atoms with E-state index in [-0.39, 0.29) is 11.9 Å². The van der Waals surface area contributed by atoms with E-state index >= 15 is 0 Å². The van der Waals surface area contributed by atoms with Gasteiger partial charge in [0, 0.05) is 6.04 Å². The molecule has 3 atom stereocenters. The van der Waals surface area contributed by atoms with E-state index in [0.29, 0.717) is 5.92 Å². The summed E-state index contributed by atoms with van der Waals surface area (Å²) in [5.41, 5.74) is 8.57. The topological polar surface area (TPSA) is 26.0 Å². The summed E-state index contributed by atoms with van der Waals surface area (Å²) >= 11 is 0. The highest BCUT2D eigenvalue weighted by molar-refractivity contribution is 5.31. The Morgan fingerprint density at radius 3 is 2.83 bits per heavy atom. The van der Waals surface area contributed by atoms with Crippen molar-refractivity contribution in [3.63, 3.8) is 0 Å². The van der Waals surface area contributed by atoms with Gasteiger partial charge >= 0.3 is 0 Å². The van der Waals surface area contributed by atoms with Crippen LogP contribution >= 0.6 is 0 Å². The molecular formula is C16H24FN. The second-order valence-electron chi connectivity index (χ2n) is 5.74. The van der Waals surface area contributed by atoms with Crippen molar-refractivity contribution < 1.29 is 4.39 Å². The number of benzene rings is 1. The highest BCUT2D eigenvalue weighted by Crippen LogP contribution is 2.38. The summed E-state index contributed by atoms with van der Waals surface area (Å²) < 4.78 is 13.4. The summed E-state index contributed by atoms with van der Waals surface area (Å²) in [5, 5.41) is 0. The molecule has 2 N–H and O–H groups in total. The monoisotopic (exact) mass is 249 g/mol. The smallest absolute Gasteiger partial charge is 0.123 e. The molecule has 18 heavy (non-hydrogen) atoms. The molecule has 2 rings (SSSR count). The van der Waals surface area contributed by atoms with Crippen molar-refractivity contribution in [1.82, 2.24) is 0 Å². The summed E-state index contributed by atoms with van der Waals surface area (Å²) in [6.07, 6.45) is 5.94. The predicted octanol–water partition coefficient (Wildman–Crippen LogP) is 4.15. The summed E-state index contributed by atoms with van der Waals surface area (Å²) in [7, 11) is 0. The highest BCUT2D eigenvalue weighted by Gasteiger charge is 2.29. The molecular weight excluding hydrogens is 225 g/mol. The van der Waals surface area contributed by atoms with Crippen LogP contribution in [0, 0.1) is 18.7 Å². The zero-order valence-electron chi connectivity index (χ0n) is 11.5. The van der Waals surface area contributed by atoms with Crippen LogP contribution in [-0.4, -0.2) is 6.04 Å². The van der Waals surface area contributed by atoms with E-state index in [1.54, 1.807) is 6.07 Å². The summed E-state index contributed by atoms with van der Waals surface area (Å²) in [5.74, 6) is 0.967. The van der Waals surface area contributed by atoms with Gasteiger partial charge in [0.05, 0.1) is 0 Å². The summed E-state index contributed by atoms with van der Waals surface area (Å²) in [4.78, 5) is 0. The minimum Gasteiger partial charge on any atom is -0.327 e. The molecule has 0 amide bonds. The number of aryl methyl sites for hydroxylation is 1. The van der Waals surface area contributed by atoms with E-state index in [2.05, 4.69) is 13.8 Å². The lowest BCUT2D eigenvalue weighted by molar-refractivity contribution is 0.273. The molecule has 0 bridgehead atoms. The first-order chi connectivity index (χ1) is 8.61. The van der Waals surface area contributed by atoms with Crippen LogP contribution in [0.2, 0.25) is 0 Å². The minimum absolute atomic E-state index is 0.139. The van der Waals surface area contributed by atoms with E-state index in [1.807, 2.05) is 6.07 Å². The lowest BCUT2D eigenvalue weighted by atomic mass is 9.73. The molecule has 1 aromatic carbocycles. The SMILES string of the molecule is CCCC1CCC(N)C(c2cc(F)ccc2C)C1. The van der Waals surface area contributed by atoms with Gasteiger partial charge in [-0.3, -0.25) is 0 Å². The van der Waals surface area contributed by atoms with Gasteiger partial charge in [-0.25, -0.2) is 4.39 Å². The number of hydrogen-bond donors (Lipinski definition) is 1. The zero-order chi connectivity index (χ0) is 13.1. The van der Waals surface area contributed by atoms with Gasteiger partial charge in [0.1, 0.15) is 5.82 Å². The maximum atomic E-state index is 13.4. The van der Waals surface area contributed by atoms with Crippen LogP contribution in [-0.2, 0) is 0 Å². The largest absolute Gasteiger partial charge is 0.327 e. The van der Waals surface area contributed by atoms with Gasteiger partial charge in [0.15, 0.2) is 0 Å². The molecule has 1 fully saturated rings. The van der Waals surface area contributed by atoms with Crippen molar-refractivity contribution in [1.29, 1.82) is 0 Å². The van der Waals surface area contributed by atoms with Crippen molar-refractivity contribution in [2.24, 2.45) is 11.7 Å². The molecule has 0 aromatic heterocycles. The molecule has 100 valence electrons. The number of rotatable bonds is 3. The number of nitrogens with two attached hydrogens (primary N) is 1. The zero-order valence-corrected chi connectivity index (χ0v) is 11.5. The summed E-state index contributed by atoms with van der Waals surface area (Å²) in [6.45, 7) is 4.29. The van der Waals surface area contributed by atoms with Crippen molar-refractivity contribution in [3.05, 3.63) is 35.1 Å². The normalized spacial score (nSPS) is 28.3.